The number of anilines is 2. The fourth-order valence-electron chi connectivity index (χ4n) is 2.73. The summed E-state index contributed by atoms with van der Waals surface area (Å²) in [5, 5.41) is 8.45. The van der Waals surface area contributed by atoms with Crippen LogP contribution in [0.2, 0.25) is 0 Å². The van der Waals surface area contributed by atoms with Crippen LogP contribution in [0.3, 0.4) is 0 Å². The van der Waals surface area contributed by atoms with Gasteiger partial charge in [-0.15, -0.1) is 0 Å². The van der Waals surface area contributed by atoms with Crippen molar-refractivity contribution in [3.05, 3.63) is 71.8 Å². The van der Waals surface area contributed by atoms with E-state index in [1.165, 1.54) is 5.39 Å². The van der Waals surface area contributed by atoms with Gasteiger partial charge in [-0.05, 0) is 47.9 Å². The van der Waals surface area contributed by atoms with Gasteiger partial charge < -0.3 is 10.6 Å². The first-order valence-corrected chi connectivity index (χ1v) is 7.72. The fourth-order valence-corrected chi connectivity index (χ4v) is 2.73. The minimum Gasteiger partial charge on any atom is -0.376 e. The molecule has 3 rings (SSSR count). The maximum atomic E-state index is 12.2. The third-order valence-electron chi connectivity index (χ3n) is 3.94. The van der Waals surface area contributed by atoms with E-state index in [0.29, 0.717) is 0 Å². The number of amides is 1. The number of hydrogen-bond donors (Lipinski definition) is 2. The molecule has 23 heavy (non-hydrogen) atoms. The van der Waals surface area contributed by atoms with E-state index in [1.807, 2.05) is 68.4 Å². The van der Waals surface area contributed by atoms with Crippen molar-refractivity contribution in [2.24, 2.45) is 0 Å². The lowest BCUT2D eigenvalue weighted by molar-refractivity contribution is -0.114. The molecule has 3 aromatic rings. The van der Waals surface area contributed by atoms with Crippen molar-refractivity contribution in [3.8, 4) is 0 Å². The van der Waals surface area contributed by atoms with Gasteiger partial charge in [-0.3, -0.25) is 4.79 Å². The zero-order chi connectivity index (χ0) is 16.2. The summed E-state index contributed by atoms with van der Waals surface area (Å²) in [6.45, 7) is 4.33. The van der Waals surface area contributed by atoms with Gasteiger partial charge in [0.25, 0.3) is 0 Å². The van der Waals surface area contributed by atoms with Gasteiger partial charge in [-0.1, -0.05) is 48.5 Å². The molecule has 0 aliphatic carbocycles. The number of fused-ring (bicyclic) bond motifs is 1. The van der Waals surface area contributed by atoms with Gasteiger partial charge in [-0.2, -0.15) is 0 Å². The largest absolute Gasteiger partial charge is 0.376 e. The first-order valence-electron chi connectivity index (χ1n) is 7.72. The maximum absolute atomic E-state index is 12.2. The van der Waals surface area contributed by atoms with E-state index in [9.17, 15) is 4.79 Å². The molecule has 3 nitrogen and oxygen atoms in total. The second-order valence-corrected chi connectivity index (χ2v) is 5.73. The summed E-state index contributed by atoms with van der Waals surface area (Å²) in [6, 6.07) is 20.1. The summed E-state index contributed by atoms with van der Waals surface area (Å²) in [4.78, 5) is 12.2. The highest BCUT2D eigenvalue weighted by Gasteiger charge is 2.06. The van der Waals surface area contributed by atoms with Crippen LogP contribution in [0.15, 0.2) is 60.7 Å². The topological polar surface area (TPSA) is 41.1 Å². The minimum atomic E-state index is -0.0528. The van der Waals surface area contributed by atoms with E-state index in [0.717, 1.165) is 27.9 Å². The van der Waals surface area contributed by atoms with Crippen molar-refractivity contribution in [2.45, 2.75) is 13.8 Å². The highest BCUT2D eigenvalue weighted by Crippen LogP contribution is 2.20. The number of carbonyl (C=O) groups is 1. The van der Waals surface area contributed by atoms with Gasteiger partial charge in [-0.25, -0.2) is 0 Å². The van der Waals surface area contributed by atoms with E-state index < -0.39 is 0 Å². The fraction of sp³-hybridized carbons (Fsp3) is 0.150. The Morgan fingerprint density at radius 1 is 0.870 bits per heavy atom. The quantitative estimate of drug-likeness (QED) is 0.744. The first-order chi connectivity index (χ1) is 11.1. The van der Waals surface area contributed by atoms with Crippen LogP contribution in [0.25, 0.3) is 10.8 Å². The monoisotopic (exact) mass is 304 g/mol. The molecule has 0 aliphatic rings. The van der Waals surface area contributed by atoms with Crippen LogP contribution in [0.4, 0.5) is 11.4 Å². The van der Waals surface area contributed by atoms with Crippen molar-refractivity contribution in [1.29, 1.82) is 0 Å². The van der Waals surface area contributed by atoms with Crippen LogP contribution in [-0.4, -0.2) is 12.5 Å². The Balaban J connectivity index is 1.66. The molecule has 0 atom stereocenters. The molecule has 2 N–H and O–H groups in total. The van der Waals surface area contributed by atoms with E-state index in [1.54, 1.807) is 0 Å². The Morgan fingerprint density at radius 3 is 2.30 bits per heavy atom. The first kappa shape index (κ1) is 15.1. The number of nitrogens with one attached hydrogen (secondary N) is 2. The van der Waals surface area contributed by atoms with E-state index >= 15 is 0 Å². The molecular weight excluding hydrogens is 284 g/mol. The number of carbonyl (C=O) groups excluding carboxylic acids is 1. The van der Waals surface area contributed by atoms with Crippen LogP contribution in [0.5, 0.6) is 0 Å². The molecule has 3 heteroatoms. The van der Waals surface area contributed by atoms with Crippen molar-refractivity contribution in [1.82, 2.24) is 0 Å². The molecule has 0 saturated carbocycles. The van der Waals surface area contributed by atoms with E-state index in [-0.39, 0.29) is 12.5 Å². The van der Waals surface area contributed by atoms with Crippen molar-refractivity contribution in [2.75, 3.05) is 17.2 Å². The average molecular weight is 304 g/mol. The Bertz CT molecular complexity index is 835. The summed E-state index contributed by atoms with van der Waals surface area (Å²) in [5.74, 6) is -0.0528. The molecule has 3 aromatic carbocycles. The summed E-state index contributed by atoms with van der Waals surface area (Å²) in [6.07, 6.45) is 0. The lowest BCUT2D eigenvalue weighted by Crippen LogP contribution is -2.22. The highest BCUT2D eigenvalue weighted by molar-refractivity contribution is 5.96. The standard InChI is InChI=1S/C20H20N2O/c1-14-6-5-7-15(2)20(14)21-13-19(23)22-18-11-10-16-8-3-4-9-17(16)12-18/h3-12,21H,13H2,1-2H3,(H,22,23). The number of hydrogen-bond acceptors (Lipinski definition) is 2. The molecule has 1 amide bonds. The summed E-state index contributed by atoms with van der Waals surface area (Å²) < 4.78 is 0. The van der Waals surface area contributed by atoms with Crippen LogP contribution >= 0.6 is 0 Å². The third-order valence-corrected chi connectivity index (χ3v) is 3.94. The SMILES string of the molecule is Cc1cccc(C)c1NCC(=O)Nc1ccc2ccccc2c1. The minimum absolute atomic E-state index is 0.0528. The van der Waals surface area contributed by atoms with Gasteiger partial charge >= 0.3 is 0 Å². The van der Waals surface area contributed by atoms with Crippen LogP contribution in [0.1, 0.15) is 11.1 Å². The molecular formula is C20H20N2O. The molecule has 116 valence electrons. The molecule has 0 fully saturated rings. The predicted octanol–water partition coefficient (Wildman–Crippen LogP) is 4.51. The Labute approximate surface area is 136 Å². The lowest BCUT2D eigenvalue weighted by atomic mass is 10.1. The van der Waals surface area contributed by atoms with Crippen LogP contribution in [-0.2, 0) is 4.79 Å². The van der Waals surface area contributed by atoms with Crippen LogP contribution < -0.4 is 10.6 Å². The Kier molecular flexibility index (Phi) is 4.29. The molecule has 0 spiro atoms. The molecule has 0 bridgehead atoms. The van der Waals surface area contributed by atoms with E-state index in [4.69, 9.17) is 0 Å². The molecule has 0 radical (unpaired) electrons. The number of benzene rings is 3. The molecule has 0 unspecified atom stereocenters. The zero-order valence-corrected chi connectivity index (χ0v) is 13.4. The molecule has 0 heterocycles. The zero-order valence-electron chi connectivity index (χ0n) is 13.4. The predicted molar refractivity (Wildman–Crippen MR) is 97.0 cm³/mol. The van der Waals surface area contributed by atoms with Crippen molar-refractivity contribution < 1.29 is 4.79 Å². The van der Waals surface area contributed by atoms with Gasteiger partial charge in [0.05, 0.1) is 6.54 Å². The summed E-state index contributed by atoms with van der Waals surface area (Å²) in [5.41, 5.74) is 4.13. The molecule has 0 aromatic heterocycles. The lowest BCUT2D eigenvalue weighted by Gasteiger charge is -2.13. The Morgan fingerprint density at radius 2 is 1.57 bits per heavy atom. The number of para-hydroxylation sites is 1. The van der Waals surface area contributed by atoms with Crippen LogP contribution in [0, 0.1) is 13.8 Å². The normalized spacial score (nSPS) is 10.5. The van der Waals surface area contributed by atoms with Gasteiger partial charge in [0.1, 0.15) is 0 Å². The van der Waals surface area contributed by atoms with Gasteiger partial charge in [0, 0.05) is 11.4 Å². The number of aryl methyl sites for hydroxylation is 2. The van der Waals surface area contributed by atoms with Crippen molar-refractivity contribution >= 4 is 28.1 Å². The smallest absolute Gasteiger partial charge is 0.243 e. The second kappa shape index (κ2) is 6.53. The maximum Gasteiger partial charge on any atom is 0.243 e. The molecule has 0 aliphatic heterocycles. The number of rotatable bonds is 4. The third kappa shape index (κ3) is 3.51. The van der Waals surface area contributed by atoms with E-state index in [2.05, 4.69) is 16.7 Å². The average Bonchev–Trinajstić information content (AvgIpc) is 2.54. The Hall–Kier alpha value is -2.81. The summed E-state index contributed by atoms with van der Waals surface area (Å²) in [7, 11) is 0. The molecule has 0 saturated heterocycles. The second-order valence-electron chi connectivity index (χ2n) is 5.73. The highest BCUT2D eigenvalue weighted by atomic mass is 16.1. The van der Waals surface area contributed by atoms with Gasteiger partial charge in [0.2, 0.25) is 5.91 Å². The summed E-state index contributed by atoms with van der Waals surface area (Å²) >= 11 is 0. The van der Waals surface area contributed by atoms with Gasteiger partial charge in [0.15, 0.2) is 0 Å². The van der Waals surface area contributed by atoms with Crippen molar-refractivity contribution in [3.63, 3.8) is 0 Å².